The maximum Gasteiger partial charge on any atom is 0.326 e. The van der Waals surface area contributed by atoms with Gasteiger partial charge in [-0.05, 0) is 12.8 Å². The molecular formula is C10H15N3O2. The number of carboxylic acids is 1. The molecule has 0 spiro atoms. The fourth-order valence-corrected chi connectivity index (χ4v) is 2.17. The van der Waals surface area contributed by atoms with E-state index in [-0.39, 0.29) is 0 Å². The fraction of sp³-hybridized carbons (Fsp3) is 0.600. The van der Waals surface area contributed by atoms with Crippen molar-refractivity contribution in [3.63, 3.8) is 0 Å². The molecule has 0 aliphatic heterocycles. The lowest BCUT2D eigenvalue weighted by Crippen LogP contribution is -2.24. The van der Waals surface area contributed by atoms with Gasteiger partial charge in [0.2, 0.25) is 0 Å². The van der Waals surface area contributed by atoms with Crippen LogP contribution in [0.2, 0.25) is 0 Å². The summed E-state index contributed by atoms with van der Waals surface area (Å²) in [6.07, 6.45) is 7.83. The highest BCUT2D eigenvalue weighted by molar-refractivity contribution is 5.74. The first-order valence-electron chi connectivity index (χ1n) is 5.20. The number of nitrogens with zero attached hydrogens (tertiary/aromatic N) is 2. The fourth-order valence-electron chi connectivity index (χ4n) is 2.17. The van der Waals surface area contributed by atoms with Crippen LogP contribution in [0.4, 0.5) is 0 Å². The topological polar surface area (TPSA) is 81.1 Å². The van der Waals surface area contributed by atoms with E-state index in [9.17, 15) is 4.79 Å². The van der Waals surface area contributed by atoms with Gasteiger partial charge in [0.25, 0.3) is 0 Å². The van der Waals surface area contributed by atoms with Gasteiger partial charge >= 0.3 is 5.97 Å². The summed E-state index contributed by atoms with van der Waals surface area (Å²) < 4.78 is 1.92. The zero-order valence-corrected chi connectivity index (χ0v) is 8.47. The van der Waals surface area contributed by atoms with Gasteiger partial charge in [-0.15, -0.1) is 0 Å². The second-order valence-corrected chi connectivity index (χ2v) is 3.98. The summed E-state index contributed by atoms with van der Waals surface area (Å²) in [5.41, 5.74) is 6.20. The van der Waals surface area contributed by atoms with E-state index in [0.717, 1.165) is 12.8 Å². The van der Waals surface area contributed by atoms with Gasteiger partial charge in [-0.25, -0.2) is 4.98 Å². The average molecular weight is 209 g/mol. The van der Waals surface area contributed by atoms with Crippen LogP contribution >= 0.6 is 0 Å². The summed E-state index contributed by atoms with van der Waals surface area (Å²) >= 11 is 0. The molecule has 0 radical (unpaired) electrons. The second-order valence-electron chi connectivity index (χ2n) is 3.98. The highest BCUT2D eigenvalue weighted by Gasteiger charge is 2.24. The average Bonchev–Trinajstić information content (AvgIpc) is 2.86. The Labute approximate surface area is 87.9 Å². The van der Waals surface area contributed by atoms with E-state index in [1.54, 1.807) is 12.5 Å². The van der Waals surface area contributed by atoms with Crippen LogP contribution in [-0.4, -0.2) is 20.6 Å². The molecule has 1 saturated carbocycles. The molecule has 2 rings (SSSR count). The Kier molecular flexibility index (Phi) is 2.73. The van der Waals surface area contributed by atoms with Gasteiger partial charge in [0.1, 0.15) is 6.04 Å². The van der Waals surface area contributed by atoms with E-state index in [4.69, 9.17) is 10.8 Å². The zero-order chi connectivity index (χ0) is 10.8. The molecule has 0 aromatic carbocycles. The molecule has 1 aliphatic rings. The van der Waals surface area contributed by atoms with Crippen LogP contribution in [0.5, 0.6) is 0 Å². The highest BCUT2D eigenvalue weighted by atomic mass is 16.4. The van der Waals surface area contributed by atoms with Crippen molar-refractivity contribution >= 4 is 5.97 Å². The summed E-state index contributed by atoms with van der Waals surface area (Å²) in [5, 5.41) is 8.85. The zero-order valence-electron chi connectivity index (χ0n) is 8.47. The predicted octanol–water partition coefficient (Wildman–Crippen LogP) is 1.08. The lowest BCUT2D eigenvalue weighted by molar-refractivity contribution is -0.138. The Bertz CT molecular complexity index is 355. The van der Waals surface area contributed by atoms with Crippen LogP contribution < -0.4 is 5.73 Å². The molecular weight excluding hydrogens is 194 g/mol. The SMILES string of the molecule is NC(C(=O)O)c1cncn1C1CCCC1. The standard InChI is InChI=1S/C10H15N3O2/c11-9(10(14)15)8-5-12-6-13(8)7-3-1-2-4-7/h5-7,9H,1-4,11H2,(H,14,15). The Morgan fingerprint density at radius 1 is 1.60 bits per heavy atom. The van der Waals surface area contributed by atoms with E-state index < -0.39 is 12.0 Å². The largest absolute Gasteiger partial charge is 0.480 e. The van der Waals surface area contributed by atoms with Gasteiger partial charge in [0, 0.05) is 6.04 Å². The minimum Gasteiger partial charge on any atom is -0.480 e. The van der Waals surface area contributed by atoms with Gasteiger partial charge in [-0.2, -0.15) is 0 Å². The number of hydrogen-bond donors (Lipinski definition) is 2. The third kappa shape index (κ3) is 1.87. The van der Waals surface area contributed by atoms with Gasteiger partial charge in [-0.1, -0.05) is 12.8 Å². The number of imidazole rings is 1. The minimum absolute atomic E-state index is 0.382. The maximum absolute atomic E-state index is 10.8. The van der Waals surface area contributed by atoms with Crippen molar-refractivity contribution in [1.29, 1.82) is 0 Å². The number of hydrogen-bond acceptors (Lipinski definition) is 3. The van der Waals surface area contributed by atoms with Gasteiger partial charge in [0.05, 0.1) is 18.2 Å². The van der Waals surface area contributed by atoms with Crippen LogP contribution in [0, 0.1) is 0 Å². The number of nitrogens with two attached hydrogens (primary N) is 1. The third-order valence-corrected chi connectivity index (χ3v) is 3.00. The first-order chi connectivity index (χ1) is 7.20. The van der Waals surface area contributed by atoms with E-state index >= 15 is 0 Å². The van der Waals surface area contributed by atoms with Gasteiger partial charge in [-0.3, -0.25) is 4.79 Å². The lowest BCUT2D eigenvalue weighted by Gasteiger charge is -2.16. The molecule has 1 aromatic rings. The van der Waals surface area contributed by atoms with Gasteiger partial charge in [0.15, 0.2) is 0 Å². The summed E-state index contributed by atoms with van der Waals surface area (Å²) in [6, 6.07) is -0.582. The third-order valence-electron chi connectivity index (χ3n) is 3.00. The molecule has 1 aromatic heterocycles. The molecule has 0 bridgehead atoms. The number of rotatable bonds is 3. The quantitative estimate of drug-likeness (QED) is 0.780. The number of aromatic nitrogens is 2. The highest BCUT2D eigenvalue weighted by Crippen LogP contribution is 2.31. The van der Waals surface area contributed by atoms with Crippen molar-refractivity contribution in [2.24, 2.45) is 5.73 Å². The van der Waals surface area contributed by atoms with E-state index in [2.05, 4.69) is 4.98 Å². The first-order valence-corrected chi connectivity index (χ1v) is 5.20. The normalized spacial score (nSPS) is 19.3. The van der Waals surface area contributed by atoms with E-state index in [1.165, 1.54) is 12.8 Å². The van der Waals surface area contributed by atoms with Crippen molar-refractivity contribution in [2.45, 2.75) is 37.8 Å². The summed E-state index contributed by atoms with van der Waals surface area (Å²) in [4.78, 5) is 14.8. The first kappa shape index (κ1) is 10.2. The number of aliphatic carboxylic acids is 1. The van der Waals surface area contributed by atoms with Crippen LogP contribution in [0.1, 0.15) is 43.5 Å². The van der Waals surface area contributed by atoms with Crippen LogP contribution in [0.3, 0.4) is 0 Å². The van der Waals surface area contributed by atoms with E-state index in [1.807, 2.05) is 4.57 Å². The van der Waals surface area contributed by atoms with Crippen molar-refractivity contribution in [2.75, 3.05) is 0 Å². The molecule has 82 valence electrons. The molecule has 1 unspecified atom stereocenters. The molecule has 5 heteroatoms. The minimum atomic E-state index is -1.00. The predicted molar refractivity (Wildman–Crippen MR) is 54.3 cm³/mol. The molecule has 1 aliphatic carbocycles. The molecule has 1 fully saturated rings. The Balaban J connectivity index is 2.24. The maximum atomic E-state index is 10.8. The van der Waals surface area contributed by atoms with Crippen LogP contribution in [0.15, 0.2) is 12.5 Å². The molecule has 1 atom stereocenters. The molecule has 15 heavy (non-hydrogen) atoms. The summed E-state index contributed by atoms with van der Waals surface area (Å²) in [5.74, 6) is -1.00. The number of carbonyl (C=O) groups is 1. The van der Waals surface area contributed by atoms with Crippen molar-refractivity contribution in [3.8, 4) is 0 Å². The molecule has 3 N–H and O–H groups in total. The van der Waals surface area contributed by atoms with Crippen molar-refractivity contribution in [1.82, 2.24) is 9.55 Å². The second kappa shape index (κ2) is 4.02. The molecule has 1 heterocycles. The summed E-state index contributed by atoms with van der Waals surface area (Å²) in [6.45, 7) is 0. The number of carboxylic acid groups (broad SMARTS) is 1. The lowest BCUT2D eigenvalue weighted by atomic mass is 10.2. The van der Waals surface area contributed by atoms with Crippen molar-refractivity contribution < 1.29 is 9.90 Å². The Morgan fingerprint density at radius 2 is 2.27 bits per heavy atom. The Hall–Kier alpha value is -1.36. The molecule has 0 amide bonds. The summed E-state index contributed by atoms with van der Waals surface area (Å²) in [7, 11) is 0. The van der Waals surface area contributed by atoms with Crippen LogP contribution in [-0.2, 0) is 4.79 Å². The molecule has 0 saturated heterocycles. The van der Waals surface area contributed by atoms with Crippen molar-refractivity contribution in [3.05, 3.63) is 18.2 Å². The smallest absolute Gasteiger partial charge is 0.326 e. The van der Waals surface area contributed by atoms with Gasteiger partial charge < -0.3 is 15.4 Å². The van der Waals surface area contributed by atoms with E-state index in [0.29, 0.717) is 11.7 Å². The Morgan fingerprint density at radius 3 is 2.87 bits per heavy atom. The van der Waals surface area contributed by atoms with Crippen LogP contribution in [0.25, 0.3) is 0 Å². The molecule has 5 nitrogen and oxygen atoms in total. The monoisotopic (exact) mass is 209 g/mol.